The molecule has 0 aromatic carbocycles. The summed E-state index contributed by atoms with van der Waals surface area (Å²) < 4.78 is 0. The van der Waals surface area contributed by atoms with Crippen molar-refractivity contribution in [3.05, 3.63) is 0 Å². The summed E-state index contributed by atoms with van der Waals surface area (Å²) >= 11 is 4.59. The van der Waals surface area contributed by atoms with Crippen LogP contribution in [0.1, 0.15) is 0 Å². The predicted octanol–water partition coefficient (Wildman–Crippen LogP) is 0.0821. The number of urea groups is 1. The van der Waals surface area contributed by atoms with E-state index in [-0.39, 0.29) is 6.03 Å². The van der Waals surface area contributed by atoms with Crippen LogP contribution in [-0.2, 0) is 0 Å². The van der Waals surface area contributed by atoms with E-state index in [0.29, 0.717) is 13.1 Å². The molecule has 5 heteroatoms. The molecule has 0 saturated carbocycles. The number of nitrogens with zero attached hydrogens (tertiary/aromatic N) is 2. The lowest BCUT2D eigenvalue weighted by Crippen LogP contribution is -2.29. The zero-order valence-electron chi connectivity index (χ0n) is 6.69. The van der Waals surface area contributed by atoms with E-state index in [2.05, 4.69) is 22.5 Å². The van der Waals surface area contributed by atoms with E-state index in [4.69, 9.17) is 0 Å². The number of thiocarbonyl (C=S) groups is 1. The number of carbonyl (C=O) groups is 1. The summed E-state index contributed by atoms with van der Waals surface area (Å²) in [6, 6.07) is -0.0104. The molecule has 0 spiro atoms. The Balaban J connectivity index is 2.22. The van der Waals surface area contributed by atoms with Crippen molar-refractivity contribution in [1.82, 2.24) is 10.2 Å². The molecule has 1 aliphatic rings. The Morgan fingerprint density at radius 3 is 3.17 bits per heavy atom. The van der Waals surface area contributed by atoms with Gasteiger partial charge in [-0.2, -0.15) is 0 Å². The second-order valence-corrected chi connectivity index (χ2v) is 2.73. The SMILES string of the molecule is O=C1NCCN1CC=NCC=S. The Kier molecular flexibility index (Phi) is 3.66. The highest BCUT2D eigenvalue weighted by Crippen LogP contribution is 1.93. The zero-order chi connectivity index (χ0) is 8.81. The molecule has 1 N–H and O–H groups in total. The maximum Gasteiger partial charge on any atom is 0.317 e. The third-order valence-electron chi connectivity index (χ3n) is 1.56. The van der Waals surface area contributed by atoms with Gasteiger partial charge in [0.05, 0.1) is 13.1 Å². The van der Waals surface area contributed by atoms with Crippen LogP contribution in [0.2, 0.25) is 0 Å². The van der Waals surface area contributed by atoms with Crippen molar-refractivity contribution in [3.63, 3.8) is 0 Å². The number of hydrogen-bond acceptors (Lipinski definition) is 3. The third kappa shape index (κ3) is 2.58. The molecular formula is C7H11N3OS. The Labute approximate surface area is 76.6 Å². The second-order valence-electron chi connectivity index (χ2n) is 2.39. The predicted molar refractivity (Wildman–Crippen MR) is 52.0 cm³/mol. The molecule has 0 aromatic rings. The standard InChI is InChI=1S/C7H11N3OS/c11-7-9-2-5-10(7)4-1-8-3-6-12/h1,6H,2-5H2,(H,9,11). The third-order valence-corrected chi connectivity index (χ3v) is 1.71. The average molecular weight is 185 g/mol. The van der Waals surface area contributed by atoms with Crippen LogP contribution in [0, 0.1) is 0 Å². The molecule has 0 aliphatic carbocycles. The average Bonchev–Trinajstić information content (AvgIpc) is 2.46. The fraction of sp³-hybridized carbons (Fsp3) is 0.571. The van der Waals surface area contributed by atoms with Gasteiger partial charge < -0.3 is 10.2 Å². The molecule has 2 amide bonds. The highest BCUT2D eigenvalue weighted by Gasteiger charge is 2.17. The molecule has 1 aliphatic heterocycles. The molecule has 1 rings (SSSR count). The first-order valence-corrected chi connectivity index (χ1v) is 4.26. The minimum atomic E-state index is -0.0104. The normalized spacial score (nSPS) is 17.0. The van der Waals surface area contributed by atoms with E-state index >= 15 is 0 Å². The lowest BCUT2D eigenvalue weighted by atomic mass is 10.5. The first kappa shape index (κ1) is 9.12. The highest BCUT2D eigenvalue weighted by molar-refractivity contribution is 7.79. The Bertz CT molecular complexity index is 205. The van der Waals surface area contributed by atoms with Crippen molar-refractivity contribution in [3.8, 4) is 0 Å². The van der Waals surface area contributed by atoms with Gasteiger partial charge in [-0.1, -0.05) is 12.2 Å². The van der Waals surface area contributed by atoms with Crippen LogP contribution in [0.4, 0.5) is 4.79 Å². The minimum absolute atomic E-state index is 0.0104. The molecule has 12 heavy (non-hydrogen) atoms. The van der Waals surface area contributed by atoms with E-state index in [1.54, 1.807) is 16.5 Å². The number of rotatable bonds is 4. The quantitative estimate of drug-likeness (QED) is 0.498. The summed E-state index contributed by atoms with van der Waals surface area (Å²) in [4.78, 5) is 16.6. The molecule has 4 nitrogen and oxygen atoms in total. The van der Waals surface area contributed by atoms with Gasteiger partial charge in [-0.3, -0.25) is 4.99 Å². The summed E-state index contributed by atoms with van der Waals surface area (Å²) in [7, 11) is 0. The van der Waals surface area contributed by atoms with Crippen molar-refractivity contribution < 1.29 is 4.79 Å². The second kappa shape index (κ2) is 4.82. The number of amides is 2. The molecular weight excluding hydrogens is 174 g/mol. The zero-order valence-corrected chi connectivity index (χ0v) is 7.51. The van der Waals surface area contributed by atoms with Crippen LogP contribution in [-0.4, -0.2) is 48.7 Å². The summed E-state index contributed by atoms with van der Waals surface area (Å²) in [5.74, 6) is 0. The first-order valence-electron chi connectivity index (χ1n) is 3.79. The number of nitrogens with one attached hydrogen (secondary N) is 1. The van der Waals surface area contributed by atoms with Gasteiger partial charge in [0.1, 0.15) is 0 Å². The van der Waals surface area contributed by atoms with Gasteiger partial charge in [0.25, 0.3) is 0 Å². The Morgan fingerprint density at radius 2 is 2.58 bits per heavy atom. The molecule has 0 atom stereocenters. The maximum absolute atomic E-state index is 11.0. The molecule has 0 aromatic heterocycles. The van der Waals surface area contributed by atoms with Gasteiger partial charge >= 0.3 is 6.03 Å². The smallest absolute Gasteiger partial charge is 0.317 e. The Morgan fingerprint density at radius 1 is 1.75 bits per heavy atom. The van der Waals surface area contributed by atoms with Crippen LogP contribution in [0.5, 0.6) is 0 Å². The van der Waals surface area contributed by atoms with Gasteiger partial charge in [0.2, 0.25) is 0 Å². The molecule has 0 radical (unpaired) electrons. The van der Waals surface area contributed by atoms with Crippen molar-refractivity contribution in [1.29, 1.82) is 0 Å². The molecule has 66 valence electrons. The maximum atomic E-state index is 11.0. The van der Waals surface area contributed by atoms with E-state index in [1.165, 1.54) is 0 Å². The van der Waals surface area contributed by atoms with Crippen LogP contribution < -0.4 is 5.32 Å². The van der Waals surface area contributed by atoms with Gasteiger partial charge in [0, 0.05) is 24.7 Å². The van der Waals surface area contributed by atoms with Gasteiger partial charge in [0.15, 0.2) is 0 Å². The molecule has 1 fully saturated rings. The van der Waals surface area contributed by atoms with Crippen molar-refractivity contribution in [2.75, 3.05) is 26.2 Å². The highest BCUT2D eigenvalue weighted by atomic mass is 32.1. The number of carbonyl (C=O) groups excluding carboxylic acids is 1. The fourth-order valence-electron chi connectivity index (χ4n) is 0.959. The van der Waals surface area contributed by atoms with E-state index in [1.807, 2.05) is 0 Å². The van der Waals surface area contributed by atoms with Crippen LogP contribution in [0.3, 0.4) is 0 Å². The monoisotopic (exact) mass is 185 g/mol. The summed E-state index contributed by atoms with van der Waals surface area (Å²) in [5.41, 5.74) is 0. The van der Waals surface area contributed by atoms with Crippen LogP contribution >= 0.6 is 12.2 Å². The lowest BCUT2D eigenvalue weighted by molar-refractivity contribution is 0.223. The van der Waals surface area contributed by atoms with Crippen molar-refractivity contribution in [2.45, 2.75) is 0 Å². The number of aliphatic imine (C=N–C) groups is 1. The van der Waals surface area contributed by atoms with Crippen LogP contribution in [0.25, 0.3) is 0 Å². The molecule has 0 unspecified atom stereocenters. The van der Waals surface area contributed by atoms with Crippen molar-refractivity contribution in [2.24, 2.45) is 4.99 Å². The van der Waals surface area contributed by atoms with Gasteiger partial charge in [-0.05, 0) is 0 Å². The largest absolute Gasteiger partial charge is 0.336 e. The lowest BCUT2D eigenvalue weighted by Gasteiger charge is -2.09. The summed E-state index contributed by atoms with van der Waals surface area (Å²) in [5, 5.41) is 4.26. The van der Waals surface area contributed by atoms with Gasteiger partial charge in [-0.15, -0.1) is 0 Å². The molecule has 0 bridgehead atoms. The fourth-order valence-corrected chi connectivity index (χ4v) is 1.05. The van der Waals surface area contributed by atoms with E-state index in [0.717, 1.165) is 13.1 Å². The summed E-state index contributed by atoms with van der Waals surface area (Å²) in [6.45, 7) is 2.63. The Hall–Kier alpha value is -0.970. The topological polar surface area (TPSA) is 44.7 Å². The van der Waals surface area contributed by atoms with Gasteiger partial charge in [-0.25, -0.2) is 4.79 Å². The van der Waals surface area contributed by atoms with E-state index in [9.17, 15) is 4.79 Å². The summed E-state index contributed by atoms with van der Waals surface area (Å²) in [6.07, 6.45) is 1.72. The molecule has 1 heterocycles. The minimum Gasteiger partial charge on any atom is -0.336 e. The number of hydrogen-bond donors (Lipinski definition) is 1. The van der Waals surface area contributed by atoms with Crippen LogP contribution in [0.15, 0.2) is 4.99 Å². The first-order chi connectivity index (χ1) is 5.84. The van der Waals surface area contributed by atoms with Crippen molar-refractivity contribution >= 4 is 29.8 Å². The molecule has 1 saturated heterocycles. The van der Waals surface area contributed by atoms with E-state index < -0.39 is 0 Å².